The molecule has 146 valence electrons. The van der Waals surface area contributed by atoms with Crippen LogP contribution in [0.5, 0.6) is 0 Å². The van der Waals surface area contributed by atoms with E-state index in [0.29, 0.717) is 15.0 Å². The van der Waals surface area contributed by atoms with Crippen molar-refractivity contribution >= 4 is 34.1 Å². The topological polar surface area (TPSA) is 54.9 Å². The lowest BCUT2D eigenvalue weighted by Gasteiger charge is -2.18. The number of anilines is 1. The van der Waals surface area contributed by atoms with Gasteiger partial charge in [-0.05, 0) is 35.2 Å². The fraction of sp³-hybridized carbons (Fsp3) is 0.250. The van der Waals surface area contributed by atoms with Crippen molar-refractivity contribution in [1.82, 2.24) is 10.2 Å². The molecule has 0 atom stereocenters. The minimum Gasteiger partial charge on any atom is -0.296 e. The van der Waals surface area contributed by atoms with E-state index < -0.39 is 11.6 Å². The molecular weight excluding hydrogens is 400 g/mol. The highest BCUT2D eigenvalue weighted by Gasteiger charge is 2.16. The predicted octanol–water partition coefficient (Wildman–Crippen LogP) is 5.66. The number of benzene rings is 2. The monoisotopic (exact) mass is 419 g/mol. The molecule has 0 bridgehead atoms. The summed E-state index contributed by atoms with van der Waals surface area (Å²) in [7, 11) is 0. The molecule has 1 heterocycles. The molecule has 0 aliphatic rings. The van der Waals surface area contributed by atoms with Crippen LogP contribution in [0.3, 0.4) is 0 Å². The molecule has 0 spiro atoms. The van der Waals surface area contributed by atoms with Crippen LogP contribution in [0.25, 0.3) is 0 Å². The number of rotatable bonds is 5. The van der Waals surface area contributed by atoms with E-state index in [2.05, 4.69) is 36.3 Å². The molecular formula is C20H19F2N3OS2. The van der Waals surface area contributed by atoms with Gasteiger partial charge in [0, 0.05) is 16.9 Å². The highest BCUT2D eigenvalue weighted by Crippen LogP contribution is 2.30. The molecule has 0 fully saturated rings. The molecule has 4 nitrogen and oxygen atoms in total. The summed E-state index contributed by atoms with van der Waals surface area (Å²) >= 11 is 2.32. The van der Waals surface area contributed by atoms with Gasteiger partial charge in [-0.2, -0.15) is 0 Å². The zero-order valence-corrected chi connectivity index (χ0v) is 17.3. The lowest BCUT2D eigenvalue weighted by Crippen LogP contribution is -2.14. The minimum absolute atomic E-state index is 0.00720. The SMILES string of the molecule is CC(C)(C)c1ccc(C(=O)Nc2nnc(SCc3c(F)cccc3F)s2)cc1. The van der Waals surface area contributed by atoms with E-state index in [1.54, 1.807) is 12.1 Å². The van der Waals surface area contributed by atoms with Gasteiger partial charge in [0.15, 0.2) is 4.34 Å². The van der Waals surface area contributed by atoms with Crippen molar-refractivity contribution in [2.45, 2.75) is 36.3 Å². The van der Waals surface area contributed by atoms with E-state index in [0.717, 1.165) is 28.7 Å². The molecule has 0 saturated heterocycles. The summed E-state index contributed by atoms with van der Waals surface area (Å²) in [6.45, 7) is 6.32. The molecule has 0 radical (unpaired) electrons. The van der Waals surface area contributed by atoms with Crippen molar-refractivity contribution < 1.29 is 13.6 Å². The van der Waals surface area contributed by atoms with Gasteiger partial charge in [0.05, 0.1) is 0 Å². The van der Waals surface area contributed by atoms with Crippen molar-refractivity contribution in [3.8, 4) is 0 Å². The maximum absolute atomic E-state index is 13.7. The van der Waals surface area contributed by atoms with Gasteiger partial charge in [0.25, 0.3) is 5.91 Å². The Balaban J connectivity index is 1.62. The fourth-order valence-electron chi connectivity index (χ4n) is 2.41. The summed E-state index contributed by atoms with van der Waals surface area (Å²) in [5, 5.41) is 10.9. The van der Waals surface area contributed by atoms with Gasteiger partial charge in [-0.25, -0.2) is 8.78 Å². The summed E-state index contributed by atoms with van der Waals surface area (Å²) in [6.07, 6.45) is 0. The van der Waals surface area contributed by atoms with Gasteiger partial charge in [0.2, 0.25) is 5.13 Å². The van der Waals surface area contributed by atoms with E-state index in [1.807, 2.05) is 12.1 Å². The summed E-state index contributed by atoms with van der Waals surface area (Å²) in [5.41, 5.74) is 1.66. The number of hydrogen-bond acceptors (Lipinski definition) is 5. The van der Waals surface area contributed by atoms with Crippen molar-refractivity contribution in [2.75, 3.05) is 5.32 Å². The van der Waals surface area contributed by atoms with Crippen molar-refractivity contribution in [1.29, 1.82) is 0 Å². The Morgan fingerprint density at radius 3 is 2.32 bits per heavy atom. The number of halogens is 2. The maximum atomic E-state index is 13.7. The number of nitrogens with zero attached hydrogens (tertiary/aromatic N) is 2. The first-order valence-electron chi connectivity index (χ1n) is 8.55. The molecule has 3 rings (SSSR count). The molecule has 8 heteroatoms. The van der Waals surface area contributed by atoms with Crippen LogP contribution in [0.4, 0.5) is 13.9 Å². The lowest BCUT2D eigenvalue weighted by atomic mass is 9.87. The highest BCUT2D eigenvalue weighted by molar-refractivity contribution is 8.00. The summed E-state index contributed by atoms with van der Waals surface area (Å²) < 4.78 is 27.9. The van der Waals surface area contributed by atoms with Crippen molar-refractivity contribution in [3.05, 3.63) is 70.8 Å². The fourth-order valence-corrected chi connectivity index (χ4v) is 4.18. The average molecular weight is 420 g/mol. The number of hydrogen-bond donors (Lipinski definition) is 1. The highest BCUT2D eigenvalue weighted by atomic mass is 32.2. The van der Waals surface area contributed by atoms with Crippen LogP contribution in [0.1, 0.15) is 42.3 Å². The second-order valence-corrected chi connectivity index (χ2v) is 9.34. The molecule has 2 aromatic carbocycles. The Bertz CT molecular complexity index is 962. The molecule has 0 aliphatic carbocycles. The number of carbonyl (C=O) groups excluding carboxylic acids is 1. The van der Waals surface area contributed by atoms with E-state index >= 15 is 0 Å². The first kappa shape index (κ1) is 20.4. The van der Waals surface area contributed by atoms with Crippen LogP contribution >= 0.6 is 23.1 Å². The zero-order chi connectivity index (χ0) is 20.3. The molecule has 0 saturated carbocycles. The lowest BCUT2D eigenvalue weighted by molar-refractivity contribution is 0.102. The van der Waals surface area contributed by atoms with Crippen molar-refractivity contribution in [3.63, 3.8) is 0 Å². The molecule has 1 amide bonds. The van der Waals surface area contributed by atoms with Crippen LogP contribution in [0, 0.1) is 11.6 Å². The third-order valence-electron chi connectivity index (χ3n) is 4.04. The first-order chi connectivity index (χ1) is 13.2. The Hall–Kier alpha value is -2.32. The predicted molar refractivity (Wildman–Crippen MR) is 109 cm³/mol. The van der Waals surface area contributed by atoms with Gasteiger partial charge < -0.3 is 0 Å². The summed E-state index contributed by atoms with van der Waals surface area (Å²) in [6, 6.07) is 11.2. The smallest absolute Gasteiger partial charge is 0.257 e. The first-order valence-corrected chi connectivity index (χ1v) is 10.4. The van der Waals surface area contributed by atoms with Gasteiger partial charge in [-0.3, -0.25) is 10.1 Å². The van der Waals surface area contributed by atoms with Crippen molar-refractivity contribution in [2.24, 2.45) is 0 Å². The third kappa shape index (κ3) is 4.94. The second kappa shape index (κ2) is 8.36. The summed E-state index contributed by atoms with van der Waals surface area (Å²) in [5.74, 6) is -1.38. The van der Waals surface area contributed by atoms with Gasteiger partial charge in [0.1, 0.15) is 11.6 Å². The molecule has 3 aromatic rings. The Morgan fingerprint density at radius 2 is 1.71 bits per heavy atom. The second-order valence-electron chi connectivity index (χ2n) is 7.14. The van der Waals surface area contributed by atoms with Crippen LogP contribution in [0.15, 0.2) is 46.8 Å². The Labute approximate surface area is 170 Å². The van der Waals surface area contributed by atoms with Crippen LogP contribution in [0.2, 0.25) is 0 Å². The van der Waals surface area contributed by atoms with Gasteiger partial charge in [-0.15, -0.1) is 10.2 Å². The quantitative estimate of drug-likeness (QED) is 0.428. The summed E-state index contributed by atoms with van der Waals surface area (Å²) in [4.78, 5) is 12.4. The van der Waals surface area contributed by atoms with E-state index in [4.69, 9.17) is 0 Å². The standard InChI is InChI=1S/C20H19F2N3OS2/c1-20(2,3)13-9-7-12(8-10-13)17(26)23-18-24-25-19(28-18)27-11-14-15(21)5-4-6-16(14)22/h4-10H,11H2,1-3H3,(H,23,24,26). The van der Waals surface area contributed by atoms with Gasteiger partial charge >= 0.3 is 0 Å². The van der Waals surface area contributed by atoms with E-state index in [1.165, 1.54) is 18.2 Å². The normalized spacial score (nSPS) is 11.5. The Kier molecular flexibility index (Phi) is 6.10. The molecule has 28 heavy (non-hydrogen) atoms. The number of aromatic nitrogens is 2. The number of thioether (sulfide) groups is 1. The largest absolute Gasteiger partial charge is 0.296 e. The molecule has 0 unspecified atom stereocenters. The Morgan fingerprint density at radius 1 is 1.07 bits per heavy atom. The van der Waals surface area contributed by atoms with E-state index in [-0.39, 0.29) is 22.6 Å². The van der Waals surface area contributed by atoms with E-state index in [9.17, 15) is 13.6 Å². The number of carbonyl (C=O) groups is 1. The number of amides is 1. The minimum atomic E-state index is -0.593. The molecule has 1 N–H and O–H groups in total. The average Bonchev–Trinajstić information content (AvgIpc) is 3.08. The van der Waals surface area contributed by atoms with Crippen LogP contribution in [-0.4, -0.2) is 16.1 Å². The van der Waals surface area contributed by atoms with Gasteiger partial charge in [-0.1, -0.05) is 62.1 Å². The number of nitrogens with one attached hydrogen (secondary N) is 1. The van der Waals surface area contributed by atoms with Crippen LogP contribution < -0.4 is 5.32 Å². The van der Waals surface area contributed by atoms with Crippen LogP contribution in [-0.2, 0) is 11.2 Å². The molecule has 0 aliphatic heterocycles. The zero-order valence-electron chi connectivity index (χ0n) is 15.6. The maximum Gasteiger partial charge on any atom is 0.257 e. The molecule has 1 aromatic heterocycles. The third-order valence-corrected chi connectivity index (χ3v) is 6.04.